The standard InChI is InChI=1S/C72H50N4/c1-7-23-52(24-8-1)70-67-50-65(62-35-19-20-37-64(62)72(67)76(57-33-17-6-18-34-57)71(70)53-25-9-2-10-26-53)51-39-41-58(42-40-51)74(60-45-43-59(44-46-60)73(54-27-11-3-12-28-54)55-29-13-4-14-30-55)61-47-48-69-66(49-61)63-36-21-22-38-68(63)75(69)56-31-15-5-16-32-56/h1-50H. The van der Waals surface area contributed by atoms with Crippen LogP contribution < -0.4 is 9.80 Å². The Labute approximate surface area is 442 Å². The predicted molar refractivity (Wildman–Crippen MR) is 321 cm³/mol. The summed E-state index contributed by atoms with van der Waals surface area (Å²) in [4.78, 5) is 4.71. The molecular weight excluding hydrogens is 921 g/mol. The number of benzene rings is 12. The maximum atomic E-state index is 2.48. The lowest BCUT2D eigenvalue weighted by atomic mass is 9.92. The molecule has 0 bridgehead atoms. The Balaban J connectivity index is 0.958. The van der Waals surface area contributed by atoms with Crippen molar-refractivity contribution < 1.29 is 0 Å². The molecule has 4 heteroatoms. The van der Waals surface area contributed by atoms with Gasteiger partial charge in [0.2, 0.25) is 0 Å². The summed E-state index contributed by atoms with van der Waals surface area (Å²) < 4.78 is 4.86. The number of fused-ring (bicyclic) bond motifs is 6. The molecule has 0 N–H and O–H groups in total. The van der Waals surface area contributed by atoms with Crippen LogP contribution in [0.4, 0.5) is 34.1 Å². The summed E-state index contributed by atoms with van der Waals surface area (Å²) in [6.07, 6.45) is 0. The number of anilines is 6. The minimum Gasteiger partial charge on any atom is -0.311 e. The summed E-state index contributed by atoms with van der Waals surface area (Å²) in [5.41, 5.74) is 19.3. The Morgan fingerprint density at radius 2 is 0.645 bits per heavy atom. The van der Waals surface area contributed by atoms with E-state index in [4.69, 9.17) is 0 Å². The van der Waals surface area contributed by atoms with Crippen molar-refractivity contribution >= 4 is 77.6 Å². The Bertz CT molecular complexity index is 4300. The number of aromatic nitrogens is 2. The molecule has 0 spiro atoms. The second-order valence-corrected chi connectivity index (χ2v) is 19.3. The van der Waals surface area contributed by atoms with Crippen LogP contribution in [0.25, 0.3) is 88.4 Å². The third-order valence-electron chi connectivity index (χ3n) is 14.9. The first-order valence-corrected chi connectivity index (χ1v) is 26.0. The maximum Gasteiger partial charge on any atom is 0.0620 e. The van der Waals surface area contributed by atoms with Gasteiger partial charge in [-0.2, -0.15) is 0 Å². The van der Waals surface area contributed by atoms with Gasteiger partial charge in [0.1, 0.15) is 0 Å². The zero-order valence-corrected chi connectivity index (χ0v) is 41.7. The highest BCUT2D eigenvalue weighted by molar-refractivity contribution is 6.20. The minimum absolute atomic E-state index is 1.05. The number of nitrogens with zero attached hydrogens (tertiary/aromatic N) is 4. The van der Waals surface area contributed by atoms with E-state index in [0.29, 0.717) is 0 Å². The molecule has 0 radical (unpaired) electrons. The number of hydrogen-bond donors (Lipinski definition) is 0. The number of hydrogen-bond acceptors (Lipinski definition) is 2. The van der Waals surface area contributed by atoms with Crippen molar-refractivity contribution in [3.8, 4) is 44.9 Å². The van der Waals surface area contributed by atoms with Gasteiger partial charge >= 0.3 is 0 Å². The molecule has 2 heterocycles. The van der Waals surface area contributed by atoms with Crippen molar-refractivity contribution in [3.05, 3.63) is 303 Å². The van der Waals surface area contributed by atoms with Gasteiger partial charge in [0.25, 0.3) is 0 Å². The largest absolute Gasteiger partial charge is 0.311 e. The number of rotatable bonds is 11. The van der Waals surface area contributed by atoms with Gasteiger partial charge in [0.15, 0.2) is 0 Å². The fourth-order valence-corrected chi connectivity index (χ4v) is 11.5. The summed E-state index contributed by atoms with van der Waals surface area (Å²) in [6.45, 7) is 0. The lowest BCUT2D eigenvalue weighted by molar-refractivity contribution is 1.14. The lowest BCUT2D eigenvalue weighted by Crippen LogP contribution is -2.12. The molecule has 0 aliphatic carbocycles. The van der Waals surface area contributed by atoms with Gasteiger partial charge in [-0.05, 0) is 143 Å². The van der Waals surface area contributed by atoms with Crippen LogP contribution in [0.3, 0.4) is 0 Å². The Morgan fingerprint density at radius 3 is 1.22 bits per heavy atom. The molecule has 0 fully saturated rings. The van der Waals surface area contributed by atoms with Gasteiger partial charge in [-0.1, -0.05) is 188 Å². The molecule has 12 aromatic carbocycles. The molecular formula is C72H50N4. The van der Waals surface area contributed by atoms with Crippen LogP contribution in [0.15, 0.2) is 303 Å². The van der Waals surface area contributed by atoms with Gasteiger partial charge in [0, 0.05) is 72.6 Å². The molecule has 4 nitrogen and oxygen atoms in total. The topological polar surface area (TPSA) is 16.3 Å². The lowest BCUT2D eigenvalue weighted by Gasteiger charge is -2.28. The molecule has 76 heavy (non-hydrogen) atoms. The molecule has 14 rings (SSSR count). The van der Waals surface area contributed by atoms with Crippen molar-refractivity contribution in [2.24, 2.45) is 0 Å². The summed E-state index contributed by atoms with van der Waals surface area (Å²) in [5.74, 6) is 0. The highest BCUT2D eigenvalue weighted by atomic mass is 15.2. The minimum atomic E-state index is 1.05. The van der Waals surface area contributed by atoms with Crippen LogP contribution in [0.5, 0.6) is 0 Å². The van der Waals surface area contributed by atoms with Crippen LogP contribution >= 0.6 is 0 Å². The molecule has 0 amide bonds. The molecule has 358 valence electrons. The number of para-hydroxylation sites is 5. The third-order valence-corrected chi connectivity index (χ3v) is 14.9. The zero-order chi connectivity index (χ0) is 50.4. The smallest absolute Gasteiger partial charge is 0.0620 e. The van der Waals surface area contributed by atoms with Gasteiger partial charge < -0.3 is 18.9 Å². The molecule has 2 aromatic heterocycles. The molecule has 14 aromatic rings. The summed E-state index contributed by atoms with van der Waals surface area (Å²) >= 11 is 0. The second-order valence-electron chi connectivity index (χ2n) is 19.3. The highest BCUT2D eigenvalue weighted by Gasteiger charge is 2.25. The highest BCUT2D eigenvalue weighted by Crippen LogP contribution is 2.48. The molecule has 0 saturated heterocycles. The molecule has 0 unspecified atom stereocenters. The Hall–Kier alpha value is -10.2. The first-order chi connectivity index (χ1) is 37.7. The Morgan fingerprint density at radius 1 is 0.237 bits per heavy atom. The Kier molecular flexibility index (Phi) is 11.2. The van der Waals surface area contributed by atoms with Crippen molar-refractivity contribution in [1.29, 1.82) is 0 Å². The summed E-state index contributed by atoms with van der Waals surface area (Å²) in [7, 11) is 0. The van der Waals surface area contributed by atoms with E-state index in [0.717, 1.165) is 56.6 Å². The van der Waals surface area contributed by atoms with Crippen LogP contribution in [0, 0.1) is 0 Å². The van der Waals surface area contributed by atoms with E-state index in [1.165, 1.54) is 65.9 Å². The van der Waals surface area contributed by atoms with E-state index in [1.807, 2.05) is 0 Å². The first kappa shape index (κ1) is 44.5. The average Bonchev–Trinajstić information content (AvgIpc) is 4.15. The van der Waals surface area contributed by atoms with Crippen LogP contribution in [0.2, 0.25) is 0 Å². The monoisotopic (exact) mass is 970 g/mol. The van der Waals surface area contributed by atoms with E-state index in [2.05, 4.69) is 322 Å². The van der Waals surface area contributed by atoms with Gasteiger partial charge in [-0.25, -0.2) is 0 Å². The van der Waals surface area contributed by atoms with E-state index in [1.54, 1.807) is 0 Å². The van der Waals surface area contributed by atoms with Crippen molar-refractivity contribution in [3.63, 3.8) is 0 Å². The normalized spacial score (nSPS) is 11.4. The molecule has 0 aliphatic rings. The average molecular weight is 971 g/mol. The maximum absolute atomic E-state index is 2.48. The second kappa shape index (κ2) is 19.0. The van der Waals surface area contributed by atoms with E-state index >= 15 is 0 Å². The van der Waals surface area contributed by atoms with E-state index in [9.17, 15) is 0 Å². The fourth-order valence-electron chi connectivity index (χ4n) is 11.5. The van der Waals surface area contributed by atoms with Crippen molar-refractivity contribution in [2.75, 3.05) is 9.80 Å². The fraction of sp³-hybridized carbons (Fsp3) is 0. The van der Waals surface area contributed by atoms with Crippen LogP contribution in [0.1, 0.15) is 0 Å². The SMILES string of the molecule is c1ccc(-c2c(-c3ccccc3)n(-c3ccccc3)c3c2cc(-c2ccc(N(c4ccc(N(c5ccccc5)c5ccccc5)cc4)c4ccc5c(c4)c4ccccc4n5-c4ccccc4)cc2)c2ccccc23)cc1. The molecule has 0 saturated carbocycles. The van der Waals surface area contributed by atoms with Gasteiger partial charge in [-0.3, -0.25) is 0 Å². The van der Waals surface area contributed by atoms with E-state index < -0.39 is 0 Å². The third kappa shape index (κ3) is 7.71. The predicted octanol–water partition coefficient (Wildman–Crippen LogP) is 19.8. The molecule has 0 atom stereocenters. The quantitative estimate of drug-likeness (QED) is 0.128. The van der Waals surface area contributed by atoms with Crippen LogP contribution in [-0.2, 0) is 0 Å². The first-order valence-electron chi connectivity index (χ1n) is 26.0. The van der Waals surface area contributed by atoms with Crippen LogP contribution in [-0.4, -0.2) is 9.13 Å². The molecule has 0 aliphatic heterocycles. The summed E-state index contributed by atoms with van der Waals surface area (Å²) in [6, 6.07) is 110. The summed E-state index contributed by atoms with van der Waals surface area (Å²) in [5, 5.41) is 6.01. The van der Waals surface area contributed by atoms with E-state index in [-0.39, 0.29) is 0 Å². The zero-order valence-electron chi connectivity index (χ0n) is 41.7. The van der Waals surface area contributed by atoms with Crippen molar-refractivity contribution in [1.82, 2.24) is 9.13 Å². The van der Waals surface area contributed by atoms with Crippen molar-refractivity contribution in [2.45, 2.75) is 0 Å². The van der Waals surface area contributed by atoms with Gasteiger partial charge in [0.05, 0.1) is 22.2 Å². The van der Waals surface area contributed by atoms with Gasteiger partial charge in [-0.15, -0.1) is 0 Å².